The molecule has 0 bridgehead atoms. The van der Waals surface area contributed by atoms with E-state index in [0.29, 0.717) is 24.6 Å². The molecule has 0 radical (unpaired) electrons. The molecule has 2 aromatic carbocycles. The first kappa shape index (κ1) is 22.0. The summed E-state index contributed by atoms with van der Waals surface area (Å²) >= 11 is 1.91. The average Bonchev–Trinajstić information content (AvgIpc) is 3.48. The van der Waals surface area contributed by atoms with Crippen LogP contribution in [0.4, 0.5) is 10.5 Å². The van der Waals surface area contributed by atoms with Crippen LogP contribution in [0.1, 0.15) is 53.1 Å². The van der Waals surface area contributed by atoms with Crippen LogP contribution >= 0.6 is 11.3 Å². The van der Waals surface area contributed by atoms with Crippen molar-refractivity contribution in [2.24, 2.45) is 0 Å². The summed E-state index contributed by atoms with van der Waals surface area (Å²) in [5, 5.41) is 4.44. The van der Waals surface area contributed by atoms with E-state index in [9.17, 15) is 4.79 Å². The van der Waals surface area contributed by atoms with Gasteiger partial charge in [0.25, 0.3) is 0 Å². The molecular weight excluding hydrogens is 454 g/mol. The third kappa shape index (κ3) is 3.92. The lowest BCUT2D eigenvalue weighted by Crippen LogP contribution is -2.38. The number of urea groups is 1. The number of aryl methyl sites for hydroxylation is 1. The number of aromatic nitrogens is 1. The molecule has 1 unspecified atom stereocenters. The van der Waals surface area contributed by atoms with Crippen LogP contribution < -0.4 is 10.1 Å². The van der Waals surface area contributed by atoms with Crippen LogP contribution in [-0.4, -0.2) is 22.1 Å². The number of carbonyl (C=O) groups is 1. The minimum absolute atomic E-state index is 0.123. The Morgan fingerprint density at radius 3 is 2.66 bits per heavy atom. The van der Waals surface area contributed by atoms with E-state index < -0.39 is 0 Å². The van der Waals surface area contributed by atoms with Gasteiger partial charge < -0.3 is 19.5 Å². The average molecular weight is 484 g/mol. The number of para-hydroxylation sites is 2. The third-order valence-electron chi connectivity index (χ3n) is 6.98. The van der Waals surface area contributed by atoms with Crippen LogP contribution in [0.25, 0.3) is 5.00 Å². The van der Waals surface area contributed by atoms with Crippen molar-refractivity contribution in [1.29, 1.82) is 0 Å². The van der Waals surface area contributed by atoms with E-state index >= 15 is 0 Å². The summed E-state index contributed by atoms with van der Waals surface area (Å²) in [5.41, 5.74) is 5.66. The largest absolute Gasteiger partial charge is 0.492 e. The van der Waals surface area contributed by atoms with E-state index in [-0.39, 0.29) is 12.1 Å². The van der Waals surface area contributed by atoms with E-state index in [1.807, 2.05) is 65.6 Å². The van der Waals surface area contributed by atoms with Crippen LogP contribution in [0.15, 0.2) is 72.9 Å². The summed E-state index contributed by atoms with van der Waals surface area (Å²) in [6.45, 7) is 3.07. The van der Waals surface area contributed by atoms with Crippen molar-refractivity contribution in [3.05, 3.63) is 100 Å². The molecule has 2 aliphatic rings. The second-order valence-electron chi connectivity index (χ2n) is 9.10. The molecule has 2 aromatic heterocycles. The number of anilines is 1. The quantitative estimate of drug-likeness (QED) is 0.341. The first-order chi connectivity index (χ1) is 17.2. The third-order valence-corrected chi connectivity index (χ3v) is 8.32. The Hall–Kier alpha value is -3.51. The number of thiophene rings is 1. The van der Waals surface area contributed by atoms with Gasteiger partial charge >= 0.3 is 6.03 Å². The Morgan fingerprint density at radius 1 is 1.00 bits per heavy atom. The van der Waals surface area contributed by atoms with Crippen LogP contribution in [0.5, 0.6) is 5.75 Å². The SMILES string of the molecule is CCOc1ccccc1NC(=O)N1Cc2c(sc3c2CCCC3)-n2cccc2C1c1ccccc1. The molecule has 1 N–H and O–H groups in total. The van der Waals surface area contributed by atoms with Crippen molar-refractivity contribution in [2.75, 3.05) is 11.9 Å². The maximum Gasteiger partial charge on any atom is 0.323 e. The van der Waals surface area contributed by atoms with Crippen LogP contribution in [-0.2, 0) is 19.4 Å². The molecule has 2 amide bonds. The zero-order valence-electron chi connectivity index (χ0n) is 19.9. The summed E-state index contributed by atoms with van der Waals surface area (Å²) < 4.78 is 8.10. The van der Waals surface area contributed by atoms with Gasteiger partial charge in [0.05, 0.1) is 30.6 Å². The molecule has 5 nitrogen and oxygen atoms in total. The molecule has 6 rings (SSSR count). The number of nitrogens with zero attached hydrogens (tertiary/aromatic N) is 2. The number of carbonyl (C=O) groups excluding carboxylic acids is 1. The highest BCUT2D eigenvalue weighted by Crippen LogP contribution is 2.44. The Bertz CT molecular complexity index is 1360. The molecule has 6 heteroatoms. The second kappa shape index (κ2) is 9.27. The van der Waals surface area contributed by atoms with Gasteiger partial charge in [-0.3, -0.25) is 0 Å². The van der Waals surface area contributed by atoms with Crippen molar-refractivity contribution in [2.45, 2.75) is 45.2 Å². The van der Waals surface area contributed by atoms with Gasteiger partial charge in [0.1, 0.15) is 10.8 Å². The molecule has 3 heterocycles. The van der Waals surface area contributed by atoms with Gasteiger partial charge in [0.2, 0.25) is 0 Å². The molecule has 0 spiro atoms. The number of nitrogens with one attached hydrogen (secondary N) is 1. The highest BCUT2D eigenvalue weighted by Gasteiger charge is 2.36. The fourth-order valence-electron chi connectivity index (χ4n) is 5.41. The molecule has 35 heavy (non-hydrogen) atoms. The fraction of sp³-hybridized carbons (Fsp3) is 0.276. The Morgan fingerprint density at radius 2 is 1.80 bits per heavy atom. The molecule has 178 valence electrons. The van der Waals surface area contributed by atoms with Crippen molar-refractivity contribution in [3.63, 3.8) is 0 Å². The molecule has 4 aromatic rings. The minimum atomic E-state index is -0.204. The Labute approximate surface area is 210 Å². The first-order valence-electron chi connectivity index (χ1n) is 12.4. The number of rotatable bonds is 4. The predicted molar refractivity (Wildman–Crippen MR) is 141 cm³/mol. The number of amides is 2. The van der Waals surface area contributed by atoms with Gasteiger partial charge in [-0.25, -0.2) is 4.79 Å². The van der Waals surface area contributed by atoms with Gasteiger partial charge in [-0.2, -0.15) is 0 Å². The van der Waals surface area contributed by atoms with E-state index in [2.05, 4.69) is 40.3 Å². The van der Waals surface area contributed by atoms with E-state index in [4.69, 9.17) is 4.74 Å². The monoisotopic (exact) mass is 483 g/mol. The van der Waals surface area contributed by atoms with Crippen LogP contribution in [0.2, 0.25) is 0 Å². The molecule has 0 saturated heterocycles. The summed E-state index contributed by atoms with van der Waals surface area (Å²) in [6, 6.07) is 21.9. The highest BCUT2D eigenvalue weighted by molar-refractivity contribution is 7.15. The van der Waals surface area contributed by atoms with Gasteiger partial charge in [-0.15, -0.1) is 11.3 Å². The number of ether oxygens (including phenoxy) is 1. The van der Waals surface area contributed by atoms with Gasteiger partial charge in [-0.1, -0.05) is 42.5 Å². The molecule has 1 aliphatic carbocycles. The number of hydrogen-bond donors (Lipinski definition) is 1. The predicted octanol–water partition coefficient (Wildman–Crippen LogP) is 6.95. The van der Waals surface area contributed by atoms with Gasteiger partial charge in [0, 0.05) is 16.6 Å². The van der Waals surface area contributed by atoms with Crippen molar-refractivity contribution < 1.29 is 9.53 Å². The van der Waals surface area contributed by atoms with Gasteiger partial charge in [-0.05, 0) is 68.0 Å². The summed E-state index contributed by atoms with van der Waals surface area (Å²) in [7, 11) is 0. The van der Waals surface area contributed by atoms with Crippen LogP contribution in [0, 0.1) is 0 Å². The summed E-state index contributed by atoms with van der Waals surface area (Å²) in [6.07, 6.45) is 6.84. The maximum absolute atomic E-state index is 14.0. The lowest BCUT2D eigenvalue weighted by molar-refractivity contribution is 0.194. The standard InChI is InChI=1S/C29H29N3O2S/c1-2-34-25-16-8-7-14-23(25)30-29(33)32-19-22-21-13-6-9-17-26(21)35-28(22)31-18-10-15-24(31)27(32)20-11-4-3-5-12-20/h3-5,7-8,10-12,14-16,18,27H,2,6,9,13,17,19H2,1H3,(H,30,33). The smallest absolute Gasteiger partial charge is 0.323 e. The number of fused-ring (bicyclic) bond motifs is 5. The molecule has 0 fully saturated rings. The van der Waals surface area contributed by atoms with E-state index in [0.717, 1.165) is 24.1 Å². The van der Waals surface area contributed by atoms with E-state index in [1.54, 1.807) is 0 Å². The van der Waals surface area contributed by atoms with Crippen molar-refractivity contribution in [1.82, 2.24) is 9.47 Å². The molecule has 0 saturated carbocycles. The second-order valence-corrected chi connectivity index (χ2v) is 10.2. The minimum Gasteiger partial charge on any atom is -0.492 e. The highest BCUT2D eigenvalue weighted by atomic mass is 32.1. The van der Waals surface area contributed by atoms with Gasteiger partial charge in [0.15, 0.2) is 0 Å². The summed E-state index contributed by atoms with van der Waals surface area (Å²) in [5.74, 6) is 0.686. The molecule has 1 atom stereocenters. The zero-order valence-corrected chi connectivity index (χ0v) is 20.7. The summed E-state index contributed by atoms with van der Waals surface area (Å²) in [4.78, 5) is 17.5. The molecular formula is C29H29N3O2S. The Balaban J connectivity index is 1.47. The maximum atomic E-state index is 14.0. The normalized spacial score (nSPS) is 16.6. The Kier molecular flexibility index (Phi) is 5.82. The molecule has 1 aliphatic heterocycles. The lowest BCUT2D eigenvalue weighted by Gasteiger charge is -2.31. The number of benzene rings is 2. The topological polar surface area (TPSA) is 46.5 Å². The fourth-order valence-corrected chi connectivity index (χ4v) is 6.81. The van der Waals surface area contributed by atoms with Crippen LogP contribution in [0.3, 0.4) is 0 Å². The first-order valence-corrected chi connectivity index (χ1v) is 13.2. The zero-order chi connectivity index (χ0) is 23.8. The number of hydrogen-bond acceptors (Lipinski definition) is 3. The van der Waals surface area contributed by atoms with E-state index in [1.165, 1.54) is 33.8 Å². The van der Waals surface area contributed by atoms with Crippen molar-refractivity contribution >= 4 is 23.1 Å². The van der Waals surface area contributed by atoms with Crippen molar-refractivity contribution in [3.8, 4) is 10.8 Å². The lowest BCUT2D eigenvalue weighted by atomic mass is 9.95.